The molecule has 0 amide bonds. The van der Waals surface area contributed by atoms with Crippen molar-refractivity contribution in [2.45, 2.75) is 0 Å². The van der Waals surface area contributed by atoms with Crippen molar-refractivity contribution in [3.8, 4) is 0 Å². The van der Waals surface area contributed by atoms with Crippen molar-refractivity contribution in [3.05, 3.63) is 0 Å². The van der Waals surface area contributed by atoms with E-state index in [4.69, 9.17) is 17.5 Å². The van der Waals surface area contributed by atoms with Gasteiger partial charge in [0.15, 0.2) is 0 Å². The second-order valence-corrected chi connectivity index (χ2v) is 1.34. The Balaban J connectivity index is -0.00000000800. The van der Waals surface area contributed by atoms with Gasteiger partial charge in [-0.3, -0.25) is 9.11 Å². The van der Waals surface area contributed by atoms with Gasteiger partial charge in [-0.15, -0.1) is 0 Å². The average Bonchev–Trinajstić information content (AvgIpc) is 0.722. The summed E-state index contributed by atoms with van der Waals surface area (Å²) in [5.41, 5.74) is 0. The summed E-state index contributed by atoms with van der Waals surface area (Å²) in [7, 11) is -4.67. The van der Waals surface area contributed by atoms with Gasteiger partial charge in [-0.1, -0.05) is 0 Å². The Hall–Kier alpha value is 1.65. The molecule has 0 bridgehead atoms. The summed E-state index contributed by atoms with van der Waals surface area (Å²) in [5, 5.41) is 0. The fraction of sp³-hybridized carbons (Fsp3) is 0. The summed E-state index contributed by atoms with van der Waals surface area (Å²) >= 11 is 0. The first kappa shape index (κ1) is 22.6. The molecule has 0 fully saturated rings. The smallest absolute Gasteiger partial charge is 1.00 e. The summed E-state index contributed by atoms with van der Waals surface area (Å²) in [6, 6.07) is 0. The zero-order chi connectivity index (χ0) is 4.50. The molecule has 0 saturated heterocycles. The largest absolute Gasteiger partial charge is 2.00 e. The van der Waals surface area contributed by atoms with Gasteiger partial charge >= 0.3 is 33.5 Å². The summed E-state index contributed by atoms with van der Waals surface area (Å²) in [4.78, 5) is 0. The Morgan fingerprint density at radius 2 is 1.25 bits per heavy atom. The van der Waals surface area contributed by atoms with Crippen LogP contribution in [-0.4, -0.2) is 40.6 Å². The Bertz CT molecular complexity index is 106. The van der Waals surface area contributed by atoms with Crippen LogP contribution in [0.25, 0.3) is 0 Å². The number of hydrogen-bond acceptors (Lipinski definition) is 2. The van der Waals surface area contributed by atoms with Gasteiger partial charge in [-0.2, -0.15) is 8.42 Å². The SMILES string of the molecule is O=S(=O)(O)O.[H-].[H-].[Mg+2].[Mn].[Ni]. The maximum Gasteiger partial charge on any atom is 2.00 e. The molecule has 0 saturated carbocycles. The van der Waals surface area contributed by atoms with Gasteiger partial charge in [-0.25, -0.2) is 0 Å². The van der Waals surface area contributed by atoms with Crippen LogP contribution in [0.3, 0.4) is 0 Å². The number of hydrogen-bond donors (Lipinski definition) is 2. The molecule has 0 atom stereocenters. The van der Waals surface area contributed by atoms with E-state index in [1.807, 2.05) is 0 Å². The van der Waals surface area contributed by atoms with E-state index < -0.39 is 10.4 Å². The molecular weight excluding hydrogens is 234 g/mol. The Labute approximate surface area is 86.9 Å². The Morgan fingerprint density at radius 3 is 1.25 bits per heavy atom. The van der Waals surface area contributed by atoms with Crippen molar-refractivity contribution in [3.63, 3.8) is 0 Å². The van der Waals surface area contributed by atoms with Gasteiger partial charge in [0, 0.05) is 33.6 Å². The topological polar surface area (TPSA) is 74.6 Å². The minimum Gasteiger partial charge on any atom is -1.00 e. The predicted molar refractivity (Wildman–Crippen MR) is 22.2 cm³/mol. The van der Waals surface area contributed by atoms with E-state index in [2.05, 4.69) is 0 Å². The first-order valence-corrected chi connectivity index (χ1v) is 2.10. The van der Waals surface area contributed by atoms with E-state index in [0.29, 0.717) is 0 Å². The monoisotopic (exact) mass is 237 g/mol. The molecule has 0 unspecified atom stereocenters. The average molecular weight is 238 g/mol. The Morgan fingerprint density at radius 1 is 1.25 bits per heavy atom. The molecule has 0 aromatic heterocycles. The van der Waals surface area contributed by atoms with E-state index in [-0.39, 0.29) is 59.5 Å². The second kappa shape index (κ2) is 8.65. The van der Waals surface area contributed by atoms with Gasteiger partial charge in [-0.05, 0) is 0 Å². The van der Waals surface area contributed by atoms with Crippen LogP contribution >= 0.6 is 0 Å². The van der Waals surface area contributed by atoms with Gasteiger partial charge in [0.25, 0.3) is 0 Å². The molecule has 8 heavy (non-hydrogen) atoms. The minimum absolute atomic E-state index is 0. The summed E-state index contributed by atoms with van der Waals surface area (Å²) in [6.45, 7) is 0. The molecule has 0 aromatic rings. The molecular formula is H4MgMnNiO4S. The van der Waals surface area contributed by atoms with Crippen molar-refractivity contribution in [2.75, 3.05) is 0 Å². The molecule has 0 rings (SSSR count). The van der Waals surface area contributed by atoms with Gasteiger partial charge in [0.1, 0.15) is 0 Å². The zero-order valence-corrected chi connectivity index (χ0v) is 7.92. The molecule has 8 heteroatoms. The van der Waals surface area contributed by atoms with Crippen molar-refractivity contribution in [1.82, 2.24) is 0 Å². The van der Waals surface area contributed by atoms with E-state index in [1.54, 1.807) is 0 Å². The minimum atomic E-state index is -4.67. The maximum absolute atomic E-state index is 8.74. The van der Waals surface area contributed by atoms with Gasteiger partial charge in [0.05, 0.1) is 0 Å². The molecule has 0 spiro atoms. The molecule has 0 aliphatic rings. The van der Waals surface area contributed by atoms with Crippen LogP contribution in [0.1, 0.15) is 2.85 Å². The van der Waals surface area contributed by atoms with Crippen LogP contribution in [0.2, 0.25) is 0 Å². The first-order chi connectivity index (χ1) is 2.00. The third-order valence-corrected chi connectivity index (χ3v) is 0. The van der Waals surface area contributed by atoms with Crippen molar-refractivity contribution >= 4 is 33.5 Å². The predicted octanol–water partition coefficient (Wildman–Crippen LogP) is -0.814. The standard InChI is InChI=1S/Mg.Mn.Ni.H2O4S.2H/c;;;1-5(2,3)4;;/h;;;(H2,1,2,3,4);;/q+2;;;;2*-1. The van der Waals surface area contributed by atoms with E-state index >= 15 is 0 Å². The molecule has 1 radical (unpaired) electrons. The van der Waals surface area contributed by atoms with Crippen LogP contribution in [0.15, 0.2) is 0 Å². The van der Waals surface area contributed by atoms with Crippen molar-refractivity contribution in [1.29, 1.82) is 0 Å². The molecule has 0 heterocycles. The van der Waals surface area contributed by atoms with E-state index in [9.17, 15) is 0 Å². The zero-order valence-electron chi connectivity index (χ0n) is 5.52. The van der Waals surface area contributed by atoms with Crippen LogP contribution in [0.5, 0.6) is 0 Å². The van der Waals surface area contributed by atoms with Crippen LogP contribution in [-0.2, 0) is 44.0 Å². The van der Waals surface area contributed by atoms with Gasteiger partial charge in [0.2, 0.25) is 0 Å². The van der Waals surface area contributed by atoms with E-state index in [0.717, 1.165) is 0 Å². The van der Waals surface area contributed by atoms with Crippen LogP contribution in [0.4, 0.5) is 0 Å². The molecule has 53 valence electrons. The fourth-order valence-electron chi connectivity index (χ4n) is 0. The normalized spacial score (nSPS) is 7.25. The van der Waals surface area contributed by atoms with Crippen molar-refractivity contribution < 1.29 is 53.9 Å². The quantitative estimate of drug-likeness (QED) is 0.427. The summed E-state index contributed by atoms with van der Waals surface area (Å²) < 4.78 is 31.6. The molecule has 0 aliphatic heterocycles. The van der Waals surface area contributed by atoms with Gasteiger partial charge < -0.3 is 2.85 Å². The Kier molecular flexibility index (Phi) is 24.5. The molecule has 0 aliphatic carbocycles. The fourth-order valence-corrected chi connectivity index (χ4v) is 0. The number of rotatable bonds is 0. The summed E-state index contributed by atoms with van der Waals surface area (Å²) in [6.07, 6.45) is 0. The van der Waals surface area contributed by atoms with E-state index in [1.165, 1.54) is 0 Å². The van der Waals surface area contributed by atoms with Crippen LogP contribution in [0, 0.1) is 0 Å². The third-order valence-electron chi connectivity index (χ3n) is 0. The molecule has 4 nitrogen and oxygen atoms in total. The summed E-state index contributed by atoms with van der Waals surface area (Å²) in [5.74, 6) is 0. The molecule has 0 aromatic carbocycles. The molecule has 2 N–H and O–H groups in total. The first-order valence-electron chi connectivity index (χ1n) is 0.698. The van der Waals surface area contributed by atoms with Crippen LogP contribution < -0.4 is 0 Å². The third kappa shape index (κ3) is 124. The van der Waals surface area contributed by atoms with Crippen molar-refractivity contribution in [2.24, 2.45) is 0 Å². The maximum atomic E-state index is 8.74. The second-order valence-electron chi connectivity index (χ2n) is 0.448.